The molecule has 16 heavy (non-hydrogen) atoms. The third-order valence-corrected chi connectivity index (χ3v) is 2.01. The fraction of sp³-hybridized carbons (Fsp3) is 0.200. The number of hydrogen-bond donors (Lipinski definition) is 4. The van der Waals surface area contributed by atoms with Gasteiger partial charge in [-0.1, -0.05) is 6.07 Å². The molecule has 0 aliphatic rings. The Kier molecular flexibility index (Phi) is 3.47. The molecule has 0 saturated heterocycles. The van der Waals surface area contributed by atoms with Crippen LogP contribution in [-0.2, 0) is 4.79 Å². The molecule has 0 fully saturated rings. The zero-order valence-electron chi connectivity index (χ0n) is 8.25. The van der Waals surface area contributed by atoms with Crippen LogP contribution in [0.2, 0.25) is 0 Å². The Hall–Kier alpha value is -2.08. The fourth-order valence-corrected chi connectivity index (χ4v) is 1.21. The van der Waals surface area contributed by atoms with Gasteiger partial charge in [-0.05, 0) is 12.1 Å². The number of carbonyl (C=O) groups is 2. The number of benzene rings is 1. The number of para-hydroxylation sites is 1. The summed E-state index contributed by atoms with van der Waals surface area (Å²) >= 11 is 0. The van der Waals surface area contributed by atoms with Crippen molar-refractivity contribution in [3.05, 3.63) is 23.8 Å². The minimum atomic E-state index is -1.25. The first-order valence-electron chi connectivity index (χ1n) is 4.46. The zero-order chi connectivity index (χ0) is 12.3. The Labute approximate surface area is 90.9 Å². The number of Topliss-reactive ketones (excluding diaryl/α,β-unsaturated/α-hetero) is 1. The van der Waals surface area contributed by atoms with E-state index >= 15 is 0 Å². The van der Waals surface area contributed by atoms with Crippen LogP contribution in [0.15, 0.2) is 18.2 Å². The van der Waals surface area contributed by atoms with E-state index in [9.17, 15) is 14.7 Å². The average Bonchev–Trinajstić information content (AvgIpc) is 2.20. The molecule has 86 valence electrons. The maximum atomic E-state index is 11.6. The van der Waals surface area contributed by atoms with Gasteiger partial charge in [0.05, 0.1) is 18.0 Å². The van der Waals surface area contributed by atoms with Crippen molar-refractivity contribution < 1.29 is 24.9 Å². The van der Waals surface area contributed by atoms with Gasteiger partial charge in [-0.15, -0.1) is 0 Å². The van der Waals surface area contributed by atoms with Gasteiger partial charge in [0.25, 0.3) is 0 Å². The van der Waals surface area contributed by atoms with Gasteiger partial charge in [0.2, 0.25) is 0 Å². The number of aromatic hydroxyl groups is 2. The highest BCUT2D eigenvalue weighted by molar-refractivity contribution is 6.04. The Morgan fingerprint density at radius 2 is 1.94 bits per heavy atom. The SMILES string of the molecule is N[C@@H](CC(=O)O)C(=O)c1cccc(O)c1O. The summed E-state index contributed by atoms with van der Waals surface area (Å²) in [6.07, 6.45) is -0.534. The van der Waals surface area contributed by atoms with Gasteiger partial charge in [-0.3, -0.25) is 9.59 Å². The van der Waals surface area contributed by atoms with Crippen molar-refractivity contribution in [2.75, 3.05) is 0 Å². The molecule has 0 spiro atoms. The molecule has 1 rings (SSSR count). The van der Waals surface area contributed by atoms with E-state index in [1.165, 1.54) is 18.2 Å². The molecule has 1 aromatic carbocycles. The third kappa shape index (κ3) is 2.48. The van der Waals surface area contributed by atoms with Crippen molar-refractivity contribution in [2.45, 2.75) is 12.5 Å². The molecule has 0 radical (unpaired) electrons. The lowest BCUT2D eigenvalue weighted by Crippen LogP contribution is -2.32. The molecule has 6 nitrogen and oxygen atoms in total. The van der Waals surface area contributed by atoms with Crippen LogP contribution in [0.3, 0.4) is 0 Å². The molecule has 6 heteroatoms. The summed E-state index contributed by atoms with van der Waals surface area (Å²) in [6, 6.07) is 2.58. The maximum absolute atomic E-state index is 11.6. The van der Waals surface area contributed by atoms with E-state index in [1.807, 2.05) is 0 Å². The number of phenolic OH excluding ortho intramolecular Hbond substituents is 2. The summed E-state index contributed by atoms with van der Waals surface area (Å²) in [4.78, 5) is 21.9. The molecule has 0 saturated carbocycles. The highest BCUT2D eigenvalue weighted by Crippen LogP contribution is 2.29. The lowest BCUT2D eigenvalue weighted by molar-refractivity contribution is -0.137. The summed E-state index contributed by atoms with van der Waals surface area (Å²) < 4.78 is 0. The highest BCUT2D eigenvalue weighted by atomic mass is 16.4. The molecular formula is C10H11NO5. The van der Waals surface area contributed by atoms with Gasteiger partial charge >= 0.3 is 5.97 Å². The number of aliphatic carboxylic acids is 1. The van der Waals surface area contributed by atoms with Crippen LogP contribution >= 0.6 is 0 Å². The summed E-state index contributed by atoms with van der Waals surface area (Å²) in [6.45, 7) is 0. The Bertz CT molecular complexity index is 429. The van der Waals surface area contributed by atoms with E-state index in [4.69, 9.17) is 15.9 Å². The first-order valence-corrected chi connectivity index (χ1v) is 4.46. The van der Waals surface area contributed by atoms with Crippen LogP contribution < -0.4 is 5.73 Å². The molecular weight excluding hydrogens is 214 g/mol. The maximum Gasteiger partial charge on any atom is 0.305 e. The molecule has 0 heterocycles. The van der Waals surface area contributed by atoms with E-state index in [2.05, 4.69) is 0 Å². The van der Waals surface area contributed by atoms with Crippen molar-refractivity contribution in [1.29, 1.82) is 0 Å². The topological polar surface area (TPSA) is 121 Å². The number of carbonyl (C=O) groups excluding carboxylic acids is 1. The monoisotopic (exact) mass is 225 g/mol. The standard InChI is InChI=1S/C10H11NO5/c11-6(4-8(13)14)9(15)5-2-1-3-7(12)10(5)16/h1-3,6,12,16H,4,11H2,(H,13,14)/t6-/m0/s1. The molecule has 0 unspecified atom stereocenters. The van der Waals surface area contributed by atoms with Crippen LogP contribution in [0.4, 0.5) is 0 Å². The molecule has 5 N–H and O–H groups in total. The van der Waals surface area contributed by atoms with E-state index in [1.54, 1.807) is 0 Å². The summed E-state index contributed by atoms with van der Waals surface area (Å²) in [5, 5.41) is 27.0. The van der Waals surface area contributed by atoms with E-state index in [0.717, 1.165) is 0 Å². The summed E-state index contributed by atoms with van der Waals surface area (Å²) in [5.41, 5.74) is 5.16. The largest absolute Gasteiger partial charge is 0.504 e. The molecule has 0 bridgehead atoms. The fourth-order valence-electron chi connectivity index (χ4n) is 1.21. The number of phenols is 2. The van der Waals surface area contributed by atoms with Gasteiger partial charge in [0.15, 0.2) is 17.3 Å². The third-order valence-electron chi connectivity index (χ3n) is 2.01. The second-order valence-corrected chi connectivity index (χ2v) is 3.24. The Morgan fingerprint density at radius 3 is 2.50 bits per heavy atom. The Morgan fingerprint density at radius 1 is 1.31 bits per heavy atom. The smallest absolute Gasteiger partial charge is 0.305 e. The van der Waals surface area contributed by atoms with Gasteiger partial charge in [0.1, 0.15) is 0 Å². The second kappa shape index (κ2) is 4.63. The van der Waals surface area contributed by atoms with Crippen LogP contribution in [0, 0.1) is 0 Å². The second-order valence-electron chi connectivity index (χ2n) is 3.24. The zero-order valence-corrected chi connectivity index (χ0v) is 8.25. The average molecular weight is 225 g/mol. The van der Waals surface area contributed by atoms with Crippen molar-refractivity contribution >= 4 is 11.8 Å². The molecule has 0 aromatic heterocycles. The minimum absolute atomic E-state index is 0.186. The van der Waals surface area contributed by atoms with Crippen molar-refractivity contribution in [1.82, 2.24) is 0 Å². The van der Waals surface area contributed by atoms with E-state index < -0.39 is 35.7 Å². The first kappa shape index (κ1) is 12.0. The van der Waals surface area contributed by atoms with Gasteiger partial charge in [0, 0.05) is 0 Å². The number of ketones is 1. The van der Waals surface area contributed by atoms with E-state index in [0.29, 0.717) is 0 Å². The lowest BCUT2D eigenvalue weighted by atomic mass is 10.0. The molecule has 1 aromatic rings. The number of rotatable bonds is 4. The molecule has 0 aliphatic heterocycles. The van der Waals surface area contributed by atoms with Gasteiger partial charge in [-0.25, -0.2) is 0 Å². The minimum Gasteiger partial charge on any atom is -0.504 e. The highest BCUT2D eigenvalue weighted by Gasteiger charge is 2.22. The van der Waals surface area contributed by atoms with Crippen LogP contribution in [0.1, 0.15) is 16.8 Å². The lowest BCUT2D eigenvalue weighted by Gasteiger charge is -2.09. The van der Waals surface area contributed by atoms with Crippen molar-refractivity contribution in [3.8, 4) is 11.5 Å². The van der Waals surface area contributed by atoms with Gasteiger partial charge < -0.3 is 21.1 Å². The molecule has 0 amide bonds. The van der Waals surface area contributed by atoms with Crippen LogP contribution in [0.25, 0.3) is 0 Å². The van der Waals surface area contributed by atoms with Crippen LogP contribution in [-0.4, -0.2) is 33.1 Å². The predicted octanol–water partition coefficient (Wildman–Crippen LogP) is 0.0825. The first-order chi connectivity index (χ1) is 7.43. The van der Waals surface area contributed by atoms with Crippen molar-refractivity contribution in [3.63, 3.8) is 0 Å². The van der Waals surface area contributed by atoms with Crippen molar-refractivity contribution in [2.24, 2.45) is 5.73 Å². The molecule has 0 aliphatic carbocycles. The summed E-state index contributed by atoms with van der Waals surface area (Å²) in [5.74, 6) is -2.97. The normalized spacial score (nSPS) is 12.1. The quantitative estimate of drug-likeness (QED) is 0.425. The molecule has 1 atom stereocenters. The number of carboxylic acids is 1. The number of hydrogen-bond acceptors (Lipinski definition) is 5. The summed E-state index contributed by atoms with van der Waals surface area (Å²) in [7, 11) is 0. The predicted molar refractivity (Wildman–Crippen MR) is 54.3 cm³/mol. The van der Waals surface area contributed by atoms with E-state index in [-0.39, 0.29) is 5.56 Å². The van der Waals surface area contributed by atoms with Gasteiger partial charge in [-0.2, -0.15) is 0 Å². The number of carboxylic acid groups (broad SMARTS) is 1. The van der Waals surface area contributed by atoms with Crippen LogP contribution in [0.5, 0.6) is 11.5 Å². The number of nitrogens with two attached hydrogens (primary N) is 1. The Balaban J connectivity index is 2.96.